The van der Waals surface area contributed by atoms with Crippen LogP contribution in [0.15, 0.2) is 41.3 Å². The topological polar surface area (TPSA) is 89.5 Å². The van der Waals surface area contributed by atoms with Gasteiger partial charge >= 0.3 is 5.97 Å². The van der Waals surface area contributed by atoms with Crippen LogP contribution in [0.1, 0.15) is 39.0 Å². The highest BCUT2D eigenvalue weighted by Gasteiger charge is 2.17. The Hall–Kier alpha value is -2.51. The van der Waals surface area contributed by atoms with E-state index in [9.17, 15) is 18.0 Å². The van der Waals surface area contributed by atoms with Crippen molar-refractivity contribution in [1.29, 1.82) is 0 Å². The van der Waals surface area contributed by atoms with E-state index in [1.54, 1.807) is 25.1 Å². The van der Waals surface area contributed by atoms with Crippen molar-refractivity contribution >= 4 is 21.8 Å². The van der Waals surface area contributed by atoms with Crippen molar-refractivity contribution in [2.75, 3.05) is 13.2 Å². The number of hydrogen-bond donors (Lipinski definition) is 1. The number of carbonyl (C=O) groups is 2. The van der Waals surface area contributed by atoms with Gasteiger partial charge in [-0.3, -0.25) is 9.59 Å². The molecule has 0 bridgehead atoms. The molecule has 6 nitrogen and oxygen atoms in total. The molecule has 0 heterocycles. The molecule has 7 heteroatoms. The van der Waals surface area contributed by atoms with Crippen molar-refractivity contribution in [2.45, 2.75) is 39.0 Å². The number of rotatable bonds is 8. The zero-order chi connectivity index (χ0) is 20.9. The first kappa shape index (κ1) is 21.8. The van der Waals surface area contributed by atoms with Crippen LogP contribution < -0.4 is 4.72 Å². The Kier molecular flexibility index (Phi) is 7.10. The lowest BCUT2D eigenvalue weighted by Gasteiger charge is -2.10. The minimum atomic E-state index is -3.71. The molecular formula is C21H25NO5S. The van der Waals surface area contributed by atoms with Gasteiger partial charge in [-0.1, -0.05) is 41.5 Å². The number of benzene rings is 2. The lowest BCUT2D eigenvalue weighted by molar-refractivity contribution is -0.142. The Morgan fingerprint density at radius 3 is 2.14 bits per heavy atom. The van der Waals surface area contributed by atoms with Crippen LogP contribution in [-0.4, -0.2) is 33.3 Å². The second-order valence-electron chi connectivity index (χ2n) is 6.82. The molecule has 0 spiro atoms. The summed E-state index contributed by atoms with van der Waals surface area (Å²) < 4.78 is 32.1. The van der Waals surface area contributed by atoms with Gasteiger partial charge in [-0.2, -0.15) is 0 Å². The molecule has 0 saturated heterocycles. The van der Waals surface area contributed by atoms with Crippen molar-refractivity contribution in [3.63, 3.8) is 0 Å². The number of esters is 1. The van der Waals surface area contributed by atoms with E-state index in [2.05, 4.69) is 4.72 Å². The van der Waals surface area contributed by atoms with Crippen LogP contribution in [0.2, 0.25) is 0 Å². The van der Waals surface area contributed by atoms with Gasteiger partial charge in [-0.05, 0) is 44.9 Å². The number of sulfonamides is 1. The molecule has 2 aromatic rings. The molecule has 0 aliphatic rings. The van der Waals surface area contributed by atoms with Crippen molar-refractivity contribution in [1.82, 2.24) is 4.72 Å². The van der Waals surface area contributed by atoms with Crippen LogP contribution in [0.4, 0.5) is 0 Å². The van der Waals surface area contributed by atoms with Crippen molar-refractivity contribution in [3.05, 3.63) is 64.2 Å². The minimum absolute atomic E-state index is 0.105. The third kappa shape index (κ3) is 5.74. The van der Waals surface area contributed by atoms with Crippen LogP contribution >= 0.6 is 0 Å². The Bertz CT molecular complexity index is 996. The molecule has 28 heavy (non-hydrogen) atoms. The van der Waals surface area contributed by atoms with E-state index in [0.29, 0.717) is 11.1 Å². The van der Waals surface area contributed by atoms with Gasteiger partial charge in [0.05, 0.1) is 11.3 Å². The van der Waals surface area contributed by atoms with Gasteiger partial charge in [0.25, 0.3) is 0 Å². The van der Waals surface area contributed by atoms with Gasteiger partial charge in [0.15, 0.2) is 6.61 Å². The lowest BCUT2D eigenvalue weighted by Crippen LogP contribution is -2.27. The number of Topliss-reactive ketones (excluding diaryl/α,β-unsaturated/α-hetero) is 1. The monoisotopic (exact) mass is 403 g/mol. The van der Waals surface area contributed by atoms with E-state index in [4.69, 9.17) is 4.74 Å². The maximum absolute atomic E-state index is 12.3. The normalized spacial score (nSPS) is 11.3. The summed E-state index contributed by atoms with van der Waals surface area (Å²) in [5.41, 5.74) is 3.97. The third-order valence-corrected chi connectivity index (χ3v) is 5.91. The number of hydrogen-bond acceptors (Lipinski definition) is 5. The van der Waals surface area contributed by atoms with Gasteiger partial charge in [0.1, 0.15) is 0 Å². The molecule has 2 aromatic carbocycles. The van der Waals surface area contributed by atoms with Gasteiger partial charge in [-0.15, -0.1) is 0 Å². The van der Waals surface area contributed by atoms with Crippen LogP contribution in [0.5, 0.6) is 0 Å². The molecule has 0 radical (unpaired) electrons. The van der Waals surface area contributed by atoms with E-state index >= 15 is 0 Å². The van der Waals surface area contributed by atoms with Crippen molar-refractivity contribution in [3.8, 4) is 0 Å². The molecule has 0 aliphatic carbocycles. The lowest BCUT2D eigenvalue weighted by atomic mass is 10.0. The average molecular weight is 404 g/mol. The fourth-order valence-corrected chi connectivity index (χ4v) is 4.14. The second-order valence-corrected chi connectivity index (χ2v) is 8.55. The summed E-state index contributed by atoms with van der Waals surface area (Å²) >= 11 is 0. The van der Waals surface area contributed by atoms with E-state index in [1.807, 2.05) is 32.9 Å². The smallest absolute Gasteiger partial charge is 0.307 e. The quantitative estimate of drug-likeness (QED) is 0.541. The van der Waals surface area contributed by atoms with Gasteiger partial charge in [0, 0.05) is 12.1 Å². The number of aryl methyl sites for hydroxylation is 4. The summed E-state index contributed by atoms with van der Waals surface area (Å²) in [5.74, 6) is -0.928. The standard InChI is InChI=1S/C21H25NO5S/c1-14-5-7-18(16(3)11-14)19(23)13-27-21(24)9-10-22-28(25,26)20-8-6-15(2)12-17(20)4/h5-8,11-12,22H,9-10,13H2,1-4H3. The summed E-state index contributed by atoms with van der Waals surface area (Å²) in [6, 6.07) is 10.4. The van der Waals surface area contributed by atoms with Crippen molar-refractivity contribution < 1.29 is 22.7 Å². The summed E-state index contributed by atoms with van der Waals surface area (Å²) in [6.07, 6.45) is -0.162. The molecule has 0 amide bonds. The van der Waals surface area contributed by atoms with Gasteiger partial charge in [-0.25, -0.2) is 13.1 Å². The highest BCUT2D eigenvalue weighted by atomic mass is 32.2. The first-order valence-electron chi connectivity index (χ1n) is 8.93. The molecule has 2 rings (SSSR count). The van der Waals surface area contributed by atoms with Gasteiger partial charge in [0.2, 0.25) is 15.8 Å². The second kappa shape index (κ2) is 9.12. The molecule has 1 N–H and O–H groups in total. The van der Waals surface area contributed by atoms with Crippen molar-refractivity contribution in [2.24, 2.45) is 0 Å². The maximum Gasteiger partial charge on any atom is 0.307 e. The SMILES string of the molecule is Cc1ccc(C(=O)COC(=O)CCNS(=O)(=O)c2ccc(C)cc2C)c(C)c1. The Morgan fingerprint density at radius 1 is 0.929 bits per heavy atom. The van der Waals surface area contributed by atoms with Crippen LogP contribution in [-0.2, 0) is 19.6 Å². The van der Waals surface area contributed by atoms with Gasteiger partial charge < -0.3 is 4.74 Å². The number of carbonyl (C=O) groups excluding carboxylic acids is 2. The van der Waals surface area contributed by atoms with Crippen LogP contribution in [0.25, 0.3) is 0 Å². The molecule has 0 atom stereocenters. The fourth-order valence-electron chi connectivity index (χ4n) is 2.89. The Morgan fingerprint density at radius 2 is 1.54 bits per heavy atom. The largest absolute Gasteiger partial charge is 0.457 e. The molecule has 0 aromatic heterocycles. The Balaban J connectivity index is 1.84. The summed E-state index contributed by atoms with van der Waals surface area (Å²) in [6.45, 7) is 6.88. The maximum atomic E-state index is 12.3. The minimum Gasteiger partial charge on any atom is -0.457 e. The van der Waals surface area contributed by atoms with Crippen LogP contribution in [0, 0.1) is 27.7 Å². The third-order valence-electron chi connectivity index (χ3n) is 4.29. The zero-order valence-corrected chi connectivity index (χ0v) is 17.4. The molecule has 0 fully saturated rings. The predicted molar refractivity (Wildman–Crippen MR) is 107 cm³/mol. The zero-order valence-electron chi connectivity index (χ0n) is 16.5. The number of ether oxygens (including phenoxy) is 1. The van der Waals surface area contributed by atoms with E-state index in [1.165, 1.54) is 6.07 Å². The summed E-state index contributed by atoms with van der Waals surface area (Å²) in [7, 11) is -3.71. The van der Waals surface area contributed by atoms with E-state index in [-0.39, 0.29) is 30.3 Å². The summed E-state index contributed by atoms with van der Waals surface area (Å²) in [5, 5.41) is 0. The Labute approximate surface area is 166 Å². The first-order chi connectivity index (χ1) is 13.1. The predicted octanol–water partition coefficient (Wildman–Crippen LogP) is 3.01. The molecule has 150 valence electrons. The number of ketones is 1. The molecule has 0 aliphatic heterocycles. The molecule has 0 saturated carbocycles. The molecule has 0 unspecified atom stereocenters. The highest BCUT2D eigenvalue weighted by Crippen LogP contribution is 2.16. The van der Waals surface area contributed by atoms with E-state index < -0.39 is 16.0 Å². The van der Waals surface area contributed by atoms with Crippen LogP contribution in [0.3, 0.4) is 0 Å². The average Bonchev–Trinajstić information content (AvgIpc) is 2.59. The number of nitrogens with one attached hydrogen (secondary N) is 1. The molecular weight excluding hydrogens is 378 g/mol. The summed E-state index contributed by atoms with van der Waals surface area (Å²) in [4.78, 5) is 24.2. The van der Waals surface area contributed by atoms with E-state index in [0.717, 1.165) is 16.7 Å². The highest BCUT2D eigenvalue weighted by molar-refractivity contribution is 7.89. The first-order valence-corrected chi connectivity index (χ1v) is 10.4. The fraction of sp³-hybridized carbons (Fsp3) is 0.333.